The molecule has 0 spiro atoms. The molecule has 14 heteroatoms. The molecule has 0 unspecified atom stereocenters. The summed E-state index contributed by atoms with van der Waals surface area (Å²) in [5, 5.41) is 3.86. The first-order valence-electron chi connectivity index (χ1n) is 11.7. The first-order chi connectivity index (χ1) is 17.6. The number of alkyl halides is 3. The Morgan fingerprint density at radius 2 is 1.79 bits per heavy atom. The second-order valence-corrected chi connectivity index (χ2v) is 22.9. The molecule has 1 N–H and O–H groups in total. The van der Waals surface area contributed by atoms with Gasteiger partial charge in [-0.05, 0) is 19.3 Å². The van der Waals surface area contributed by atoms with Crippen molar-refractivity contribution < 1.29 is 31.1 Å². The van der Waals surface area contributed by atoms with Crippen molar-refractivity contribution in [1.82, 2.24) is 19.5 Å². The monoisotopic (exact) mass is 632 g/mol. The van der Waals surface area contributed by atoms with Crippen molar-refractivity contribution in [3.05, 3.63) is 59.4 Å². The van der Waals surface area contributed by atoms with Gasteiger partial charge >= 0.3 is 154 Å². The average Bonchev–Trinajstić information content (AvgIpc) is 3.48. The van der Waals surface area contributed by atoms with Crippen LogP contribution in [-0.2, 0) is 10.0 Å². The molecule has 1 amide bonds. The van der Waals surface area contributed by atoms with Crippen LogP contribution in [-0.4, -0.2) is 55.1 Å². The van der Waals surface area contributed by atoms with Crippen LogP contribution in [0.4, 0.5) is 13.2 Å². The zero-order chi connectivity index (χ0) is 27.9. The van der Waals surface area contributed by atoms with Gasteiger partial charge in [-0.2, -0.15) is 13.2 Å². The summed E-state index contributed by atoms with van der Waals surface area (Å²) >= 11 is 4.04. The van der Waals surface area contributed by atoms with Crippen molar-refractivity contribution in [2.45, 2.75) is 47.6 Å². The van der Waals surface area contributed by atoms with Gasteiger partial charge in [-0.3, -0.25) is 0 Å². The second kappa shape index (κ2) is 10.2. The summed E-state index contributed by atoms with van der Waals surface area (Å²) in [7, 11) is -4.14. The Kier molecular flexibility index (Phi) is 7.63. The number of halogens is 4. The van der Waals surface area contributed by atoms with Crippen LogP contribution in [0, 0.1) is 5.41 Å². The van der Waals surface area contributed by atoms with Crippen molar-refractivity contribution in [1.29, 1.82) is 0 Å². The third-order valence-electron chi connectivity index (χ3n) is 6.42. The fourth-order valence-electron chi connectivity index (χ4n) is 3.78. The minimum absolute atomic E-state index is 0.0473. The van der Waals surface area contributed by atoms with Gasteiger partial charge in [0.05, 0.1) is 12.0 Å². The number of aromatic nitrogens is 3. The second-order valence-electron chi connectivity index (χ2n) is 10.2. The van der Waals surface area contributed by atoms with Crippen LogP contribution in [0.1, 0.15) is 29.6 Å². The van der Waals surface area contributed by atoms with Crippen molar-refractivity contribution in [3.63, 3.8) is 0 Å². The van der Waals surface area contributed by atoms with E-state index in [0.717, 1.165) is 4.40 Å². The predicted octanol–water partition coefficient (Wildman–Crippen LogP) is 4.70. The van der Waals surface area contributed by atoms with Crippen LogP contribution in [0.25, 0.3) is 5.82 Å². The van der Waals surface area contributed by atoms with E-state index in [1.54, 1.807) is 12.1 Å². The maximum atomic E-state index is 13.0. The maximum absolute atomic E-state index is 13.0. The number of carbonyl (C=O) groups excluding carboxylic acids is 1. The van der Waals surface area contributed by atoms with Crippen molar-refractivity contribution in [3.8, 4) is 11.7 Å². The van der Waals surface area contributed by atoms with Gasteiger partial charge in [0.1, 0.15) is 0 Å². The number of sulfonamides is 1. The molecule has 0 saturated heterocycles. The summed E-state index contributed by atoms with van der Waals surface area (Å²) < 4.78 is 74.4. The summed E-state index contributed by atoms with van der Waals surface area (Å²) in [6.45, 7) is -0.139. The molecule has 0 bridgehead atoms. The number of benzene rings is 1. The number of pyridine rings is 1. The Labute approximate surface area is 226 Å². The Morgan fingerprint density at radius 3 is 2.34 bits per heavy atom. The van der Waals surface area contributed by atoms with Crippen LogP contribution in [0.3, 0.4) is 0 Å². The number of rotatable bonds is 9. The number of nitrogens with zero attached hydrogens (tertiary/aromatic N) is 3. The van der Waals surface area contributed by atoms with Gasteiger partial charge in [0.25, 0.3) is 0 Å². The first kappa shape index (κ1) is 28.4. The Morgan fingerprint density at radius 1 is 1.13 bits per heavy atom. The van der Waals surface area contributed by atoms with Crippen LogP contribution in [0.15, 0.2) is 53.6 Å². The molecule has 4 rings (SSSR count). The molecule has 2 aromatic heterocycles. The molecule has 8 nitrogen and oxygen atoms in total. The third kappa shape index (κ3) is 6.18. The summed E-state index contributed by atoms with van der Waals surface area (Å²) in [5.41, 5.74) is -1.82. The summed E-state index contributed by atoms with van der Waals surface area (Å²) in [6, 6.07) is 10.6. The van der Waals surface area contributed by atoms with E-state index >= 15 is 0 Å². The Balaban J connectivity index is 1.40. The standard InChI is InChI=1S/C24H26ClF3GeN4O4S/c1-29(2,3)16-4-6-17(7-5-16)38(35,36)32-22(34)18-8-9-19(30-21(18)25)33-14-10-20(31-33)37-15-13-23(11-12-23)24(26,27)28/h4-10,14H,11-13,15H2,1-3H3,(H,32,34). The topological polar surface area (TPSA) is 103 Å². The normalized spacial score (nSPS) is 15.2. The SMILES string of the molecule is [CH3][Ge]([CH3])([CH3])[c]1ccc(S(=O)(=O)NC(=O)c2ccc(-n3ccc(OCCC4(C(F)(F)F)CC4)n3)nc2Cl)cc1. The van der Waals surface area contributed by atoms with E-state index in [1.165, 1.54) is 41.2 Å². The zero-order valence-corrected chi connectivity index (χ0v) is 24.5. The molecule has 1 aliphatic rings. The van der Waals surface area contributed by atoms with Crippen molar-refractivity contribution in [2.75, 3.05) is 6.61 Å². The number of carbonyl (C=O) groups is 1. The molecule has 38 heavy (non-hydrogen) atoms. The Bertz CT molecular complexity index is 1450. The Hall–Kier alpha value is -2.58. The average molecular weight is 632 g/mol. The number of hydrogen-bond donors (Lipinski definition) is 1. The van der Waals surface area contributed by atoms with Gasteiger partial charge in [0, 0.05) is 12.3 Å². The molecule has 0 radical (unpaired) electrons. The van der Waals surface area contributed by atoms with Gasteiger partial charge in [0.2, 0.25) is 5.88 Å². The molecule has 0 aliphatic heterocycles. The molecule has 2 heterocycles. The molecule has 1 aromatic carbocycles. The van der Waals surface area contributed by atoms with Gasteiger partial charge in [-0.25, -0.2) is 0 Å². The van der Waals surface area contributed by atoms with Gasteiger partial charge < -0.3 is 4.74 Å². The van der Waals surface area contributed by atoms with Crippen molar-refractivity contribution in [2.24, 2.45) is 5.41 Å². The van der Waals surface area contributed by atoms with Gasteiger partial charge in [-0.1, -0.05) is 0 Å². The first-order valence-corrected chi connectivity index (χ1v) is 20.9. The number of amides is 1. The summed E-state index contributed by atoms with van der Waals surface area (Å²) in [4.78, 5) is 16.7. The van der Waals surface area contributed by atoms with E-state index in [2.05, 4.69) is 27.4 Å². The molecular formula is C24H26ClF3GeN4O4S. The molecule has 1 aliphatic carbocycles. The van der Waals surface area contributed by atoms with E-state index in [0.29, 0.717) is 0 Å². The van der Waals surface area contributed by atoms with E-state index < -0.39 is 40.8 Å². The van der Waals surface area contributed by atoms with E-state index in [1.807, 2.05) is 4.72 Å². The fourth-order valence-corrected chi connectivity index (χ4v) is 7.43. The number of ether oxygens (including phenoxy) is 1. The molecule has 204 valence electrons. The van der Waals surface area contributed by atoms with Crippen LogP contribution in [0.5, 0.6) is 5.88 Å². The molecule has 0 atom stereocenters. The molecule has 1 fully saturated rings. The minimum atomic E-state index is -4.25. The van der Waals surface area contributed by atoms with Crippen molar-refractivity contribution >= 4 is 45.2 Å². The van der Waals surface area contributed by atoms with E-state index in [-0.39, 0.29) is 53.2 Å². The number of hydrogen-bond acceptors (Lipinski definition) is 6. The summed E-state index contributed by atoms with van der Waals surface area (Å²) in [5.74, 6) is 5.90. The third-order valence-corrected chi connectivity index (χ3v) is 12.4. The molecule has 1 saturated carbocycles. The van der Waals surface area contributed by atoms with Crippen LogP contribution >= 0.6 is 11.6 Å². The number of nitrogens with one attached hydrogen (secondary N) is 1. The molecular weight excluding hydrogens is 605 g/mol. The van der Waals surface area contributed by atoms with Crippen LogP contribution in [0.2, 0.25) is 22.4 Å². The van der Waals surface area contributed by atoms with Gasteiger partial charge in [0.15, 0.2) is 0 Å². The predicted molar refractivity (Wildman–Crippen MR) is 138 cm³/mol. The van der Waals surface area contributed by atoms with Gasteiger partial charge in [-0.15, -0.1) is 5.10 Å². The van der Waals surface area contributed by atoms with E-state index in [4.69, 9.17) is 16.3 Å². The quantitative estimate of drug-likeness (QED) is 0.272. The summed E-state index contributed by atoms with van der Waals surface area (Å²) in [6.07, 6.45) is -2.72. The van der Waals surface area contributed by atoms with E-state index in [9.17, 15) is 26.4 Å². The fraction of sp³-hybridized carbons (Fsp3) is 0.375. The zero-order valence-electron chi connectivity index (χ0n) is 20.8. The molecule has 3 aromatic rings. The van der Waals surface area contributed by atoms with Crippen LogP contribution < -0.4 is 13.9 Å².